The summed E-state index contributed by atoms with van der Waals surface area (Å²) in [5.74, 6) is -0.562. The number of cyclic esters (lactones) is 1. The summed E-state index contributed by atoms with van der Waals surface area (Å²) in [5.41, 5.74) is -2.60. The molecule has 0 aromatic heterocycles. The Morgan fingerprint density at radius 3 is 2.47 bits per heavy atom. The van der Waals surface area contributed by atoms with Gasteiger partial charge in [-0.15, -0.1) is 0 Å². The lowest BCUT2D eigenvalue weighted by Gasteiger charge is -2.14. The normalized spacial score (nSPS) is 15.6. The van der Waals surface area contributed by atoms with Crippen LogP contribution in [0.3, 0.4) is 0 Å². The van der Waals surface area contributed by atoms with Gasteiger partial charge in [-0.25, -0.2) is 9.18 Å². The summed E-state index contributed by atoms with van der Waals surface area (Å²) in [6.07, 6.45) is -0.655. The fourth-order valence-corrected chi connectivity index (χ4v) is 3.33. The van der Waals surface area contributed by atoms with Crippen LogP contribution in [-0.4, -0.2) is 37.2 Å². The molecule has 32 heavy (non-hydrogen) atoms. The van der Waals surface area contributed by atoms with Crippen LogP contribution in [0.5, 0.6) is 0 Å². The maximum absolute atomic E-state index is 14.7. The molecule has 1 aliphatic rings. The van der Waals surface area contributed by atoms with Gasteiger partial charge >= 0.3 is 11.6 Å². The maximum atomic E-state index is 14.7. The highest BCUT2D eigenvalue weighted by molar-refractivity contribution is 7.98. The molecule has 0 saturated carbocycles. The summed E-state index contributed by atoms with van der Waals surface area (Å²) in [7, 11) is 0. The third kappa shape index (κ3) is 7.13. The van der Waals surface area contributed by atoms with E-state index in [1.165, 1.54) is 17.0 Å². The van der Waals surface area contributed by atoms with Crippen molar-refractivity contribution in [1.82, 2.24) is 10.0 Å². The van der Waals surface area contributed by atoms with Crippen LogP contribution in [0.4, 0.5) is 28.0 Å². The average Bonchev–Trinajstić information content (AvgIpc) is 3.14. The number of amides is 2. The number of ether oxygens (including phenoxy) is 1. The number of anilines is 1. The lowest BCUT2D eigenvalue weighted by atomic mass is 10.0. The van der Waals surface area contributed by atoms with Crippen LogP contribution in [-0.2, 0) is 16.1 Å². The minimum Gasteiger partial charge on any atom is -0.442 e. The molecule has 0 aliphatic carbocycles. The van der Waals surface area contributed by atoms with Gasteiger partial charge in [0, 0.05) is 24.1 Å². The fraction of sp³-hybridized carbons (Fsp3) is 0.333. The molecule has 2 aromatic rings. The number of nitrogens with zero attached hydrogens (tertiary/aromatic N) is 1. The molecule has 3 rings (SSSR count). The highest BCUT2D eigenvalue weighted by Gasteiger charge is 2.32. The minimum atomic E-state index is -4.36. The van der Waals surface area contributed by atoms with Crippen LogP contribution >= 0.6 is 11.9 Å². The summed E-state index contributed by atoms with van der Waals surface area (Å²) < 4.78 is 58.4. The number of halogens is 4. The van der Waals surface area contributed by atoms with Crippen LogP contribution in [0.25, 0.3) is 11.1 Å². The highest BCUT2D eigenvalue weighted by atomic mass is 32.2. The Hall–Kier alpha value is -2.79. The molecule has 0 bridgehead atoms. The zero-order valence-electron chi connectivity index (χ0n) is 17.4. The van der Waals surface area contributed by atoms with Crippen LogP contribution in [0.2, 0.25) is 0 Å². The summed E-state index contributed by atoms with van der Waals surface area (Å²) in [6, 6.07) is 10.7. The van der Waals surface area contributed by atoms with Gasteiger partial charge in [-0.2, -0.15) is 13.2 Å². The lowest BCUT2D eigenvalue weighted by molar-refractivity contribution is -0.109. The van der Waals surface area contributed by atoms with E-state index in [0.717, 1.165) is 0 Å². The Morgan fingerprint density at radius 1 is 1.19 bits per heavy atom. The second kappa shape index (κ2) is 11.7. The van der Waals surface area contributed by atoms with Crippen LogP contribution < -0.4 is 14.9 Å². The molecule has 1 aliphatic heterocycles. The van der Waals surface area contributed by atoms with E-state index in [4.69, 9.17) is 4.74 Å². The predicted molar refractivity (Wildman–Crippen MR) is 115 cm³/mol. The molecular weight excluding hydrogens is 450 g/mol. The molecule has 1 unspecified atom stereocenters. The smallest absolute Gasteiger partial charge is 0.442 e. The van der Waals surface area contributed by atoms with Gasteiger partial charge in [0.05, 0.1) is 18.8 Å². The number of hydrogen-bond donors (Lipinski definition) is 2. The zero-order valence-corrected chi connectivity index (χ0v) is 18.2. The standard InChI is InChI=1S/C19H17F4N3O3S.C2H6/c20-17-7-14(26-10-15(9-24-11-27)29-18(26)28)5-6-16(17)13-3-1-12(2-4-13)8-25-30-19(21,22)23;1-2/h1-7,11,15,25H,8-10H2,(H,24,27);1-2H3. The first kappa shape index (κ1) is 25.5. The third-order valence-corrected chi connectivity index (χ3v) is 4.82. The molecule has 1 heterocycles. The molecule has 0 spiro atoms. The molecule has 2 amide bonds. The summed E-state index contributed by atoms with van der Waals surface area (Å²) in [4.78, 5) is 23.6. The Kier molecular flexibility index (Phi) is 9.33. The molecule has 1 saturated heterocycles. The van der Waals surface area contributed by atoms with E-state index in [1.807, 2.05) is 13.8 Å². The van der Waals surface area contributed by atoms with E-state index in [9.17, 15) is 27.2 Å². The predicted octanol–water partition coefficient (Wildman–Crippen LogP) is 4.85. The summed E-state index contributed by atoms with van der Waals surface area (Å²) in [5, 5.41) is 2.43. The molecule has 2 N–H and O–H groups in total. The highest BCUT2D eigenvalue weighted by Crippen LogP contribution is 2.30. The quantitative estimate of drug-likeness (QED) is 0.326. The lowest BCUT2D eigenvalue weighted by Crippen LogP contribution is -2.30. The van der Waals surface area contributed by atoms with Gasteiger partial charge in [0.2, 0.25) is 6.41 Å². The van der Waals surface area contributed by atoms with Gasteiger partial charge in [-0.1, -0.05) is 38.1 Å². The minimum absolute atomic E-state index is 0.00305. The van der Waals surface area contributed by atoms with Crippen molar-refractivity contribution < 1.29 is 31.9 Å². The number of carbonyl (C=O) groups excluding carboxylic acids is 2. The van der Waals surface area contributed by atoms with Crippen molar-refractivity contribution in [2.45, 2.75) is 32.0 Å². The molecule has 2 aromatic carbocycles. The number of carbonyl (C=O) groups is 2. The van der Waals surface area contributed by atoms with Crippen molar-refractivity contribution in [1.29, 1.82) is 0 Å². The van der Waals surface area contributed by atoms with Crippen molar-refractivity contribution in [3.63, 3.8) is 0 Å². The van der Waals surface area contributed by atoms with Crippen molar-refractivity contribution in [2.24, 2.45) is 0 Å². The first-order valence-electron chi connectivity index (χ1n) is 9.78. The van der Waals surface area contributed by atoms with Gasteiger partial charge in [-0.05, 0) is 29.3 Å². The zero-order chi connectivity index (χ0) is 23.7. The van der Waals surface area contributed by atoms with Gasteiger partial charge in [0.1, 0.15) is 11.9 Å². The van der Waals surface area contributed by atoms with E-state index in [0.29, 0.717) is 23.2 Å². The molecular formula is C21H23F4N3O3S. The van der Waals surface area contributed by atoms with Crippen LogP contribution in [0, 0.1) is 5.82 Å². The first-order chi connectivity index (χ1) is 15.3. The maximum Gasteiger partial charge on any atom is 0.456 e. The fourth-order valence-electron chi connectivity index (χ4n) is 2.93. The summed E-state index contributed by atoms with van der Waals surface area (Å²) >= 11 is -0.324. The Labute approximate surface area is 187 Å². The van der Waals surface area contributed by atoms with E-state index in [2.05, 4.69) is 10.0 Å². The third-order valence-electron chi connectivity index (χ3n) is 4.30. The molecule has 0 radical (unpaired) electrons. The van der Waals surface area contributed by atoms with Crippen molar-refractivity contribution in [3.05, 3.63) is 53.8 Å². The number of benzene rings is 2. The van der Waals surface area contributed by atoms with Gasteiger partial charge in [0.15, 0.2) is 0 Å². The molecule has 174 valence electrons. The number of hydrogen-bond acceptors (Lipinski definition) is 5. The van der Waals surface area contributed by atoms with E-state index < -0.39 is 23.5 Å². The second-order valence-corrected chi connectivity index (χ2v) is 7.33. The van der Waals surface area contributed by atoms with Crippen molar-refractivity contribution >= 4 is 30.1 Å². The monoisotopic (exact) mass is 473 g/mol. The number of alkyl halides is 3. The van der Waals surface area contributed by atoms with Crippen molar-refractivity contribution in [3.8, 4) is 11.1 Å². The Balaban J connectivity index is 0.00000176. The van der Waals surface area contributed by atoms with Gasteiger partial charge in [-0.3, -0.25) is 14.4 Å². The SMILES string of the molecule is CC.O=CNCC1CN(c2ccc(-c3ccc(CNSC(F)(F)F)cc3)c(F)c2)C(=O)O1. The Bertz CT molecular complexity index is 910. The number of rotatable bonds is 8. The van der Waals surface area contributed by atoms with Gasteiger partial charge < -0.3 is 10.1 Å². The topological polar surface area (TPSA) is 70.7 Å². The van der Waals surface area contributed by atoms with E-state index in [1.54, 1.807) is 30.3 Å². The van der Waals surface area contributed by atoms with Crippen molar-refractivity contribution in [2.75, 3.05) is 18.0 Å². The molecule has 6 nitrogen and oxygen atoms in total. The van der Waals surface area contributed by atoms with Crippen LogP contribution in [0.1, 0.15) is 19.4 Å². The largest absolute Gasteiger partial charge is 0.456 e. The van der Waals surface area contributed by atoms with E-state index in [-0.39, 0.29) is 37.1 Å². The summed E-state index contributed by atoms with van der Waals surface area (Å²) in [6.45, 7) is 4.34. The number of nitrogens with one attached hydrogen (secondary N) is 2. The molecule has 1 fully saturated rings. The first-order valence-corrected chi connectivity index (χ1v) is 10.6. The molecule has 1 atom stereocenters. The second-order valence-electron chi connectivity index (χ2n) is 6.37. The Morgan fingerprint density at radius 2 is 1.88 bits per heavy atom. The average molecular weight is 473 g/mol. The molecule has 11 heteroatoms. The van der Waals surface area contributed by atoms with Crippen LogP contribution in [0.15, 0.2) is 42.5 Å². The van der Waals surface area contributed by atoms with Gasteiger partial charge in [0.25, 0.3) is 0 Å². The van der Waals surface area contributed by atoms with E-state index >= 15 is 0 Å².